The Balaban J connectivity index is 2.47. The van der Waals surface area contributed by atoms with Crippen molar-refractivity contribution >= 4 is 0 Å². The smallest absolute Gasteiger partial charge is 0.183 e. The average molecular weight is 240 g/mol. The van der Waals surface area contributed by atoms with Crippen molar-refractivity contribution in [1.82, 2.24) is 0 Å². The molecule has 0 saturated carbocycles. The largest absolute Gasteiger partial charge is 0.377 e. The second kappa shape index (κ2) is 8.45. The molecule has 0 N–H and O–H groups in total. The van der Waals surface area contributed by atoms with Crippen LogP contribution < -0.4 is 0 Å². The van der Waals surface area contributed by atoms with Gasteiger partial charge in [-0.25, -0.2) is 0 Å². The minimum atomic E-state index is -0.222. The van der Waals surface area contributed by atoms with Crippen LogP contribution in [0.5, 0.6) is 0 Å². The van der Waals surface area contributed by atoms with Gasteiger partial charge in [0, 0.05) is 19.3 Å². The van der Waals surface area contributed by atoms with E-state index in [0.717, 1.165) is 31.4 Å². The van der Waals surface area contributed by atoms with E-state index in [1.54, 1.807) is 7.11 Å². The third-order valence-electron chi connectivity index (χ3n) is 2.75. The molecular formula is C14H24O3. The molecule has 0 fully saturated rings. The van der Waals surface area contributed by atoms with Crippen molar-refractivity contribution in [3.63, 3.8) is 0 Å². The second-order valence-corrected chi connectivity index (χ2v) is 4.08. The van der Waals surface area contributed by atoms with Crippen LogP contribution in [-0.4, -0.2) is 32.7 Å². The van der Waals surface area contributed by atoms with Crippen LogP contribution in [0.1, 0.15) is 33.1 Å². The molecule has 1 aliphatic carbocycles. The molecule has 1 aliphatic rings. The van der Waals surface area contributed by atoms with Crippen molar-refractivity contribution in [2.75, 3.05) is 20.3 Å². The van der Waals surface area contributed by atoms with Gasteiger partial charge in [-0.1, -0.05) is 31.6 Å². The molecule has 0 bridgehead atoms. The highest BCUT2D eigenvalue weighted by molar-refractivity contribution is 5.26. The van der Waals surface area contributed by atoms with E-state index in [2.05, 4.69) is 19.1 Å². The zero-order valence-electron chi connectivity index (χ0n) is 11.1. The summed E-state index contributed by atoms with van der Waals surface area (Å²) in [5, 5.41) is 0. The number of hydrogen-bond donors (Lipinski definition) is 0. The minimum Gasteiger partial charge on any atom is -0.377 e. The molecule has 0 heterocycles. The van der Waals surface area contributed by atoms with Gasteiger partial charge in [-0.3, -0.25) is 0 Å². The molecule has 0 aromatic rings. The zero-order valence-corrected chi connectivity index (χ0v) is 11.1. The number of unbranched alkanes of at least 4 members (excludes halogenated alkanes) is 1. The molecule has 98 valence electrons. The zero-order chi connectivity index (χ0) is 12.5. The molecule has 0 aromatic carbocycles. The van der Waals surface area contributed by atoms with E-state index < -0.39 is 0 Å². The van der Waals surface area contributed by atoms with Gasteiger partial charge < -0.3 is 14.2 Å². The van der Waals surface area contributed by atoms with Gasteiger partial charge >= 0.3 is 0 Å². The summed E-state index contributed by atoms with van der Waals surface area (Å²) >= 11 is 0. The summed E-state index contributed by atoms with van der Waals surface area (Å²) in [6.45, 7) is 5.55. The first kappa shape index (κ1) is 14.4. The number of rotatable bonds is 8. The van der Waals surface area contributed by atoms with E-state index >= 15 is 0 Å². The Hall–Kier alpha value is -0.640. The maximum atomic E-state index is 5.75. The van der Waals surface area contributed by atoms with Crippen molar-refractivity contribution in [3.8, 4) is 0 Å². The summed E-state index contributed by atoms with van der Waals surface area (Å²) in [6, 6.07) is 0. The highest BCUT2D eigenvalue weighted by Crippen LogP contribution is 2.19. The second-order valence-electron chi connectivity index (χ2n) is 4.08. The van der Waals surface area contributed by atoms with Crippen LogP contribution in [-0.2, 0) is 14.2 Å². The topological polar surface area (TPSA) is 27.7 Å². The summed E-state index contributed by atoms with van der Waals surface area (Å²) in [4.78, 5) is 0. The first-order valence-corrected chi connectivity index (χ1v) is 6.46. The van der Waals surface area contributed by atoms with Gasteiger partial charge in [0.15, 0.2) is 6.29 Å². The third-order valence-corrected chi connectivity index (χ3v) is 2.75. The molecule has 2 atom stereocenters. The van der Waals surface area contributed by atoms with Gasteiger partial charge in [-0.15, -0.1) is 0 Å². The number of ether oxygens (including phenoxy) is 3. The normalized spacial score (nSPS) is 21.4. The first-order chi connectivity index (χ1) is 8.31. The molecule has 0 aliphatic heterocycles. The lowest BCUT2D eigenvalue weighted by molar-refractivity contribution is -0.114. The summed E-state index contributed by atoms with van der Waals surface area (Å²) < 4.78 is 16.6. The van der Waals surface area contributed by atoms with Crippen LogP contribution in [0.2, 0.25) is 0 Å². The molecule has 2 unspecified atom stereocenters. The highest BCUT2D eigenvalue weighted by atomic mass is 16.7. The van der Waals surface area contributed by atoms with E-state index in [9.17, 15) is 0 Å². The van der Waals surface area contributed by atoms with Gasteiger partial charge in [0.05, 0.1) is 12.7 Å². The van der Waals surface area contributed by atoms with Crippen molar-refractivity contribution in [1.29, 1.82) is 0 Å². The molecule has 3 heteroatoms. The van der Waals surface area contributed by atoms with Gasteiger partial charge in [0.25, 0.3) is 0 Å². The standard InChI is InChI=1S/C14H24O3/c1-4-6-11-17-14(16-5-2)12-7-9-13(15-3)10-8-12/h7-9,13-14H,4-6,10-11H2,1-3H3. The van der Waals surface area contributed by atoms with Crippen molar-refractivity contribution in [3.05, 3.63) is 23.8 Å². The summed E-state index contributed by atoms with van der Waals surface area (Å²) in [6.07, 6.45) is 9.32. The fourth-order valence-electron chi connectivity index (χ4n) is 1.69. The van der Waals surface area contributed by atoms with E-state index in [-0.39, 0.29) is 12.4 Å². The van der Waals surface area contributed by atoms with E-state index in [0.29, 0.717) is 6.61 Å². The Morgan fingerprint density at radius 2 is 2.18 bits per heavy atom. The maximum Gasteiger partial charge on any atom is 0.183 e. The fourth-order valence-corrected chi connectivity index (χ4v) is 1.69. The van der Waals surface area contributed by atoms with Crippen LogP contribution in [0, 0.1) is 0 Å². The van der Waals surface area contributed by atoms with Crippen LogP contribution in [0.15, 0.2) is 23.8 Å². The predicted molar refractivity (Wildman–Crippen MR) is 68.9 cm³/mol. The Bertz CT molecular complexity index is 258. The lowest BCUT2D eigenvalue weighted by Crippen LogP contribution is -2.22. The monoisotopic (exact) mass is 240 g/mol. The quantitative estimate of drug-likeness (QED) is 0.482. The Morgan fingerprint density at radius 3 is 2.71 bits per heavy atom. The molecule has 17 heavy (non-hydrogen) atoms. The van der Waals surface area contributed by atoms with Crippen LogP contribution in [0.4, 0.5) is 0 Å². The van der Waals surface area contributed by atoms with Gasteiger partial charge in [-0.05, 0) is 19.8 Å². The summed E-state index contributed by atoms with van der Waals surface area (Å²) in [5.74, 6) is 0. The van der Waals surface area contributed by atoms with Crippen LogP contribution in [0.3, 0.4) is 0 Å². The lowest BCUT2D eigenvalue weighted by atomic mass is 10.0. The fraction of sp³-hybridized carbons (Fsp3) is 0.714. The SMILES string of the molecule is CCCCOC(OCC)C1=CCC(OC)C=C1. The Kier molecular flexibility index (Phi) is 7.17. The highest BCUT2D eigenvalue weighted by Gasteiger charge is 2.16. The molecule has 3 nitrogen and oxygen atoms in total. The minimum absolute atomic E-state index is 0.191. The summed E-state index contributed by atoms with van der Waals surface area (Å²) in [7, 11) is 1.73. The molecule has 0 spiro atoms. The Labute approximate surface area is 104 Å². The molecule has 0 amide bonds. The van der Waals surface area contributed by atoms with E-state index in [1.165, 1.54) is 0 Å². The maximum absolute atomic E-state index is 5.75. The van der Waals surface area contributed by atoms with Crippen molar-refractivity contribution < 1.29 is 14.2 Å². The molecule has 0 radical (unpaired) electrons. The van der Waals surface area contributed by atoms with E-state index in [4.69, 9.17) is 14.2 Å². The van der Waals surface area contributed by atoms with Crippen molar-refractivity contribution in [2.45, 2.75) is 45.5 Å². The molecular weight excluding hydrogens is 216 g/mol. The van der Waals surface area contributed by atoms with Crippen LogP contribution in [0.25, 0.3) is 0 Å². The number of hydrogen-bond acceptors (Lipinski definition) is 3. The summed E-state index contributed by atoms with van der Waals surface area (Å²) in [5.41, 5.74) is 1.11. The first-order valence-electron chi connectivity index (χ1n) is 6.46. The Morgan fingerprint density at radius 1 is 1.35 bits per heavy atom. The number of methoxy groups -OCH3 is 1. The lowest BCUT2D eigenvalue weighted by Gasteiger charge is -2.22. The van der Waals surface area contributed by atoms with Gasteiger partial charge in [0.2, 0.25) is 0 Å². The van der Waals surface area contributed by atoms with Crippen molar-refractivity contribution in [2.24, 2.45) is 0 Å². The van der Waals surface area contributed by atoms with Gasteiger partial charge in [0.1, 0.15) is 0 Å². The molecule has 0 aromatic heterocycles. The molecule has 1 rings (SSSR count). The predicted octanol–water partition coefficient (Wildman–Crippen LogP) is 3.07. The van der Waals surface area contributed by atoms with Gasteiger partial charge in [-0.2, -0.15) is 0 Å². The van der Waals surface area contributed by atoms with E-state index in [1.807, 2.05) is 13.0 Å². The molecule has 0 saturated heterocycles. The average Bonchev–Trinajstić information content (AvgIpc) is 2.38. The third kappa shape index (κ3) is 5.02. The van der Waals surface area contributed by atoms with Crippen LogP contribution >= 0.6 is 0 Å².